The van der Waals surface area contributed by atoms with E-state index in [1.54, 1.807) is 24.3 Å². The fourth-order valence-electron chi connectivity index (χ4n) is 2.14. The maximum absolute atomic E-state index is 12.5. The summed E-state index contributed by atoms with van der Waals surface area (Å²) in [6, 6.07) is 5.47. The summed E-state index contributed by atoms with van der Waals surface area (Å²) in [5.74, 6) is 0. The molecular weight excluding hydrogens is 304 g/mol. The number of nitrogens with one attached hydrogen (secondary N) is 1. The maximum atomic E-state index is 12.5. The van der Waals surface area contributed by atoms with E-state index in [-0.39, 0.29) is 17.1 Å². The molecule has 0 unspecified atom stereocenters. The minimum absolute atomic E-state index is 0.188. The van der Waals surface area contributed by atoms with E-state index in [0.717, 1.165) is 10.4 Å². The zero-order valence-corrected chi connectivity index (χ0v) is 14.3. The van der Waals surface area contributed by atoms with Gasteiger partial charge >= 0.3 is 0 Å². The molecule has 0 bridgehead atoms. The standard InChI is InChI=1S/C15H20N2O2S2/c1-9-5-6-14(16)15(11(9)3)21(18,19)17-8-13-7-10(2)12(4)20-13/h5-7,17H,8,16H2,1-4H3. The molecular formula is C15H20N2O2S2. The van der Waals surface area contributed by atoms with Gasteiger partial charge in [-0.2, -0.15) is 0 Å². The van der Waals surface area contributed by atoms with Crippen molar-refractivity contribution in [2.24, 2.45) is 0 Å². The topological polar surface area (TPSA) is 72.2 Å². The highest BCUT2D eigenvalue weighted by Gasteiger charge is 2.21. The molecule has 0 fully saturated rings. The molecule has 1 aromatic heterocycles. The predicted octanol–water partition coefficient (Wildman–Crippen LogP) is 3.04. The number of hydrogen-bond acceptors (Lipinski definition) is 4. The third-order valence-electron chi connectivity index (χ3n) is 3.63. The second-order valence-electron chi connectivity index (χ2n) is 5.20. The molecule has 3 N–H and O–H groups in total. The fourth-order valence-corrected chi connectivity index (χ4v) is 4.66. The summed E-state index contributed by atoms with van der Waals surface area (Å²) in [6.45, 7) is 7.99. The SMILES string of the molecule is Cc1cc(CNS(=O)(=O)c2c(N)ccc(C)c2C)sc1C. The summed E-state index contributed by atoms with van der Waals surface area (Å²) in [5.41, 5.74) is 8.92. The molecule has 0 saturated heterocycles. The van der Waals surface area contributed by atoms with Crippen molar-refractivity contribution in [3.05, 3.63) is 44.6 Å². The quantitative estimate of drug-likeness (QED) is 0.849. The van der Waals surface area contributed by atoms with E-state index in [9.17, 15) is 8.42 Å². The lowest BCUT2D eigenvalue weighted by Gasteiger charge is -2.13. The first-order valence-electron chi connectivity index (χ1n) is 6.63. The van der Waals surface area contributed by atoms with E-state index in [0.29, 0.717) is 5.56 Å². The molecule has 1 heterocycles. The maximum Gasteiger partial charge on any atom is 0.243 e. The molecule has 0 radical (unpaired) electrons. The molecule has 2 rings (SSSR count). The van der Waals surface area contributed by atoms with Crippen LogP contribution in [-0.4, -0.2) is 8.42 Å². The molecule has 0 saturated carbocycles. The van der Waals surface area contributed by atoms with Gasteiger partial charge in [-0.25, -0.2) is 13.1 Å². The number of hydrogen-bond donors (Lipinski definition) is 2. The van der Waals surface area contributed by atoms with Crippen LogP contribution in [0.1, 0.15) is 26.4 Å². The lowest BCUT2D eigenvalue weighted by atomic mass is 10.1. The van der Waals surface area contributed by atoms with Gasteiger partial charge in [-0.3, -0.25) is 0 Å². The summed E-state index contributed by atoms with van der Waals surface area (Å²) < 4.78 is 27.7. The average molecular weight is 324 g/mol. The molecule has 1 aromatic carbocycles. The van der Waals surface area contributed by atoms with Crippen molar-refractivity contribution in [3.63, 3.8) is 0 Å². The Morgan fingerprint density at radius 2 is 1.81 bits per heavy atom. The van der Waals surface area contributed by atoms with Crippen molar-refractivity contribution in [2.45, 2.75) is 39.1 Å². The van der Waals surface area contributed by atoms with Gasteiger partial charge in [0, 0.05) is 16.3 Å². The number of nitrogens with two attached hydrogens (primary N) is 1. The molecule has 0 atom stereocenters. The molecule has 0 amide bonds. The van der Waals surface area contributed by atoms with Gasteiger partial charge in [0.2, 0.25) is 10.0 Å². The van der Waals surface area contributed by atoms with Crippen LogP contribution in [-0.2, 0) is 16.6 Å². The molecule has 0 aliphatic rings. The van der Waals surface area contributed by atoms with E-state index in [4.69, 9.17) is 5.73 Å². The number of anilines is 1. The monoisotopic (exact) mass is 324 g/mol. The average Bonchev–Trinajstić information content (AvgIpc) is 2.71. The van der Waals surface area contributed by atoms with Crippen LogP contribution in [0.2, 0.25) is 0 Å². The molecule has 0 aliphatic carbocycles. The number of thiophene rings is 1. The molecule has 6 heteroatoms. The third-order valence-corrected chi connectivity index (χ3v) is 6.39. The summed E-state index contributed by atoms with van der Waals surface area (Å²) >= 11 is 1.60. The van der Waals surface area contributed by atoms with E-state index in [1.807, 2.05) is 32.9 Å². The molecule has 4 nitrogen and oxygen atoms in total. The zero-order valence-electron chi connectivity index (χ0n) is 12.6. The molecule has 2 aromatic rings. The molecule has 114 valence electrons. The van der Waals surface area contributed by atoms with Crippen molar-refractivity contribution >= 4 is 27.0 Å². The third kappa shape index (κ3) is 3.28. The van der Waals surface area contributed by atoms with Gasteiger partial charge in [0.15, 0.2) is 0 Å². The predicted molar refractivity (Wildman–Crippen MR) is 88.1 cm³/mol. The highest BCUT2D eigenvalue weighted by atomic mass is 32.2. The second-order valence-corrected chi connectivity index (χ2v) is 8.25. The van der Waals surface area contributed by atoms with E-state index >= 15 is 0 Å². The minimum atomic E-state index is -3.61. The number of benzene rings is 1. The molecule has 0 aliphatic heterocycles. The van der Waals surface area contributed by atoms with Crippen LogP contribution in [0, 0.1) is 27.7 Å². The largest absolute Gasteiger partial charge is 0.398 e. The van der Waals surface area contributed by atoms with E-state index < -0.39 is 10.0 Å². The Hall–Kier alpha value is -1.37. The Bertz CT molecular complexity index is 758. The van der Waals surface area contributed by atoms with Crippen LogP contribution in [0.4, 0.5) is 5.69 Å². The van der Waals surface area contributed by atoms with E-state index in [1.165, 1.54) is 10.4 Å². The smallest absolute Gasteiger partial charge is 0.243 e. The van der Waals surface area contributed by atoms with Crippen LogP contribution in [0.15, 0.2) is 23.1 Å². The fraction of sp³-hybridized carbons (Fsp3) is 0.333. The Morgan fingerprint density at radius 3 is 2.38 bits per heavy atom. The zero-order chi connectivity index (χ0) is 15.8. The first-order valence-corrected chi connectivity index (χ1v) is 8.93. The summed E-state index contributed by atoms with van der Waals surface area (Å²) in [6.07, 6.45) is 0. The lowest BCUT2D eigenvalue weighted by Crippen LogP contribution is -2.25. The van der Waals surface area contributed by atoms with Crippen molar-refractivity contribution in [3.8, 4) is 0 Å². The normalized spacial score (nSPS) is 11.8. The highest BCUT2D eigenvalue weighted by Crippen LogP contribution is 2.26. The summed E-state index contributed by atoms with van der Waals surface area (Å²) in [7, 11) is -3.61. The van der Waals surface area contributed by atoms with Gasteiger partial charge in [0.25, 0.3) is 0 Å². The summed E-state index contributed by atoms with van der Waals surface area (Å²) in [5, 5.41) is 0. The van der Waals surface area contributed by atoms with Crippen LogP contribution >= 0.6 is 11.3 Å². The second kappa shape index (κ2) is 5.79. The van der Waals surface area contributed by atoms with Gasteiger partial charge in [-0.1, -0.05) is 6.07 Å². The van der Waals surface area contributed by atoms with Gasteiger partial charge in [-0.05, 0) is 56.5 Å². The Kier molecular flexibility index (Phi) is 4.41. The van der Waals surface area contributed by atoms with Gasteiger partial charge in [-0.15, -0.1) is 11.3 Å². The summed E-state index contributed by atoms with van der Waals surface area (Å²) in [4.78, 5) is 2.39. The van der Waals surface area contributed by atoms with Gasteiger partial charge in [0.1, 0.15) is 4.90 Å². The first-order chi connectivity index (χ1) is 9.72. The molecule has 21 heavy (non-hydrogen) atoms. The number of nitrogen functional groups attached to an aromatic ring is 1. The van der Waals surface area contributed by atoms with Crippen LogP contribution in [0.5, 0.6) is 0 Å². The lowest BCUT2D eigenvalue weighted by molar-refractivity contribution is 0.581. The van der Waals surface area contributed by atoms with Crippen molar-refractivity contribution in [2.75, 3.05) is 5.73 Å². The van der Waals surface area contributed by atoms with Gasteiger partial charge in [0.05, 0.1) is 5.69 Å². The number of sulfonamides is 1. The molecule has 0 spiro atoms. The van der Waals surface area contributed by atoms with Crippen LogP contribution in [0.25, 0.3) is 0 Å². The Labute approximate surface area is 130 Å². The van der Waals surface area contributed by atoms with Crippen molar-refractivity contribution < 1.29 is 8.42 Å². The first kappa shape index (κ1) is 16.0. The minimum Gasteiger partial charge on any atom is -0.398 e. The van der Waals surface area contributed by atoms with Crippen molar-refractivity contribution in [1.29, 1.82) is 0 Å². The number of rotatable bonds is 4. The van der Waals surface area contributed by atoms with Crippen LogP contribution < -0.4 is 10.5 Å². The van der Waals surface area contributed by atoms with E-state index in [2.05, 4.69) is 4.72 Å². The highest BCUT2D eigenvalue weighted by molar-refractivity contribution is 7.89. The number of aryl methyl sites for hydroxylation is 3. The van der Waals surface area contributed by atoms with Gasteiger partial charge < -0.3 is 5.73 Å². The Balaban J connectivity index is 2.29. The Morgan fingerprint density at radius 1 is 1.14 bits per heavy atom. The van der Waals surface area contributed by atoms with Crippen LogP contribution in [0.3, 0.4) is 0 Å². The van der Waals surface area contributed by atoms with Crippen molar-refractivity contribution in [1.82, 2.24) is 4.72 Å².